The second-order valence-corrected chi connectivity index (χ2v) is 7.33. The smallest absolute Gasteiger partial charge is 0.240 e. The first-order valence-corrected chi connectivity index (χ1v) is 9.40. The van der Waals surface area contributed by atoms with Gasteiger partial charge in [0.25, 0.3) is 0 Å². The first-order valence-electron chi connectivity index (χ1n) is 8.52. The Bertz CT molecular complexity index is 804. The summed E-state index contributed by atoms with van der Waals surface area (Å²) in [6, 6.07) is 17.7. The molecule has 0 bridgehead atoms. The maximum atomic E-state index is 12.2. The van der Waals surface area contributed by atoms with Gasteiger partial charge >= 0.3 is 0 Å². The number of carbonyl (C=O) groups is 2. The van der Waals surface area contributed by atoms with Crippen molar-refractivity contribution in [3.8, 4) is 0 Å². The van der Waals surface area contributed by atoms with Crippen LogP contribution in [-0.4, -0.2) is 28.8 Å². The van der Waals surface area contributed by atoms with Gasteiger partial charge in [-0.1, -0.05) is 59.8 Å². The lowest BCUT2D eigenvalue weighted by Crippen LogP contribution is -2.28. The Morgan fingerprint density at radius 2 is 1.88 bits per heavy atom. The van der Waals surface area contributed by atoms with E-state index in [1.807, 2.05) is 49.4 Å². The number of rotatable bonds is 6. The van der Waals surface area contributed by atoms with Gasteiger partial charge in [0.05, 0.1) is 0 Å². The molecule has 0 spiro atoms. The lowest BCUT2D eigenvalue weighted by molar-refractivity contribution is -0.122. The van der Waals surface area contributed by atoms with Crippen molar-refractivity contribution in [3.05, 3.63) is 65.7 Å². The number of aryl methyl sites for hydroxylation is 1. The standard InChI is InChI=1S/C20H21N3O2S/c1-14-7-9-16(10-8-14)22-18(24)13-17-19(25)23-20(26-17)21-12-11-15-5-3-2-4-6-15/h2-10,17H,11-13H2,1H3,(H,22,24)(H,21,23,25)/t17-/m0/s1. The SMILES string of the molecule is Cc1ccc(NC(=O)C[C@@H]2SC(=NCCc3ccccc3)NC2=O)cc1. The molecule has 134 valence electrons. The van der Waals surface area contributed by atoms with Gasteiger partial charge in [-0.15, -0.1) is 0 Å². The fraction of sp³-hybridized carbons (Fsp3) is 0.250. The fourth-order valence-electron chi connectivity index (χ4n) is 2.56. The third-order valence-electron chi connectivity index (χ3n) is 3.98. The molecule has 2 aromatic rings. The van der Waals surface area contributed by atoms with Crippen LogP contribution in [0, 0.1) is 6.92 Å². The van der Waals surface area contributed by atoms with E-state index in [-0.39, 0.29) is 18.2 Å². The minimum Gasteiger partial charge on any atom is -0.326 e. The van der Waals surface area contributed by atoms with Crippen LogP contribution in [0.25, 0.3) is 0 Å². The van der Waals surface area contributed by atoms with Gasteiger partial charge in [0.1, 0.15) is 5.25 Å². The summed E-state index contributed by atoms with van der Waals surface area (Å²) in [6.45, 7) is 2.60. The third kappa shape index (κ3) is 5.20. The topological polar surface area (TPSA) is 70.6 Å². The van der Waals surface area contributed by atoms with E-state index in [4.69, 9.17) is 0 Å². The number of hydrogen-bond acceptors (Lipinski definition) is 4. The molecule has 1 atom stereocenters. The molecule has 0 unspecified atom stereocenters. The van der Waals surface area contributed by atoms with Crippen LogP contribution < -0.4 is 10.6 Å². The van der Waals surface area contributed by atoms with Gasteiger partial charge in [0.2, 0.25) is 11.8 Å². The predicted octanol–water partition coefficient (Wildman–Crippen LogP) is 3.15. The number of hydrogen-bond donors (Lipinski definition) is 2. The largest absolute Gasteiger partial charge is 0.326 e. The van der Waals surface area contributed by atoms with Crippen molar-refractivity contribution in [1.82, 2.24) is 5.32 Å². The Kier molecular flexibility index (Phi) is 6.07. The summed E-state index contributed by atoms with van der Waals surface area (Å²) in [5.41, 5.74) is 3.08. The summed E-state index contributed by atoms with van der Waals surface area (Å²) >= 11 is 1.32. The summed E-state index contributed by atoms with van der Waals surface area (Å²) in [5, 5.41) is 5.75. The maximum absolute atomic E-state index is 12.2. The normalized spacial score (nSPS) is 18.0. The number of aliphatic imine (C=N–C) groups is 1. The van der Waals surface area contributed by atoms with Gasteiger partial charge in [0.15, 0.2) is 5.17 Å². The zero-order valence-corrected chi connectivity index (χ0v) is 15.4. The minimum atomic E-state index is -0.434. The van der Waals surface area contributed by atoms with E-state index in [0.717, 1.165) is 17.7 Å². The quantitative estimate of drug-likeness (QED) is 0.824. The van der Waals surface area contributed by atoms with E-state index in [1.54, 1.807) is 0 Å². The van der Waals surface area contributed by atoms with Crippen molar-refractivity contribution in [2.45, 2.75) is 25.0 Å². The summed E-state index contributed by atoms with van der Waals surface area (Å²) in [5.74, 6) is -0.334. The molecule has 1 aliphatic rings. The Morgan fingerprint density at radius 3 is 2.62 bits per heavy atom. The zero-order valence-electron chi connectivity index (χ0n) is 14.6. The van der Waals surface area contributed by atoms with Gasteiger partial charge in [-0.3, -0.25) is 14.6 Å². The molecule has 0 aliphatic carbocycles. The van der Waals surface area contributed by atoms with Crippen LogP contribution in [0.3, 0.4) is 0 Å². The number of amidine groups is 1. The Morgan fingerprint density at radius 1 is 1.15 bits per heavy atom. The number of nitrogens with one attached hydrogen (secondary N) is 2. The molecule has 0 radical (unpaired) electrons. The number of benzene rings is 2. The third-order valence-corrected chi connectivity index (χ3v) is 5.10. The van der Waals surface area contributed by atoms with Gasteiger partial charge in [-0.05, 0) is 31.0 Å². The van der Waals surface area contributed by atoms with Crippen LogP contribution in [0.5, 0.6) is 0 Å². The molecule has 5 nitrogen and oxygen atoms in total. The number of amides is 2. The average molecular weight is 367 g/mol. The molecule has 3 rings (SSSR count). The summed E-state index contributed by atoms with van der Waals surface area (Å²) in [7, 11) is 0. The van der Waals surface area contributed by atoms with E-state index in [9.17, 15) is 9.59 Å². The van der Waals surface area contributed by atoms with Crippen molar-refractivity contribution in [3.63, 3.8) is 0 Å². The minimum absolute atomic E-state index is 0.127. The number of nitrogens with zero attached hydrogens (tertiary/aromatic N) is 1. The molecule has 1 fully saturated rings. The molecule has 2 amide bonds. The zero-order chi connectivity index (χ0) is 18.4. The highest BCUT2D eigenvalue weighted by Gasteiger charge is 2.31. The van der Waals surface area contributed by atoms with Crippen molar-refractivity contribution >= 4 is 34.4 Å². The molecule has 1 heterocycles. The van der Waals surface area contributed by atoms with Gasteiger partial charge in [0, 0.05) is 18.7 Å². The second-order valence-electron chi connectivity index (χ2n) is 6.14. The monoisotopic (exact) mass is 367 g/mol. The number of carbonyl (C=O) groups excluding carboxylic acids is 2. The highest BCUT2D eigenvalue weighted by atomic mass is 32.2. The molecule has 2 N–H and O–H groups in total. The van der Waals surface area contributed by atoms with Crippen LogP contribution in [0.1, 0.15) is 17.5 Å². The molecule has 6 heteroatoms. The highest BCUT2D eigenvalue weighted by molar-refractivity contribution is 8.15. The summed E-state index contributed by atoms with van der Waals surface area (Å²) < 4.78 is 0. The Labute approximate surface area is 157 Å². The fourth-order valence-corrected chi connectivity index (χ4v) is 3.56. The first kappa shape index (κ1) is 18.2. The van der Waals surface area contributed by atoms with Crippen LogP contribution in [-0.2, 0) is 16.0 Å². The Balaban J connectivity index is 1.48. The number of anilines is 1. The molecule has 1 saturated heterocycles. The molecule has 2 aromatic carbocycles. The van der Waals surface area contributed by atoms with Crippen LogP contribution in [0.4, 0.5) is 5.69 Å². The van der Waals surface area contributed by atoms with E-state index in [0.29, 0.717) is 11.7 Å². The first-order chi connectivity index (χ1) is 12.6. The maximum Gasteiger partial charge on any atom is 0.240 e. The molecule has 0 saturated carbocycles. The van der Waals surface area contributed by atoms with E-state index < -0.39 is 5.25 Å². The van der Waals surface area contributed by atoms with Crippen molar-refractivity contribution in [2.24, 2.45) is 4.99 Å². The lowest BCUT2D eigenvalue weighted by atomic mass is 10.2. The van der Waals surface area contributed by atoms with Gasteiger partial charge < -0.3 is 10.6 Å². The molecule has 1 aliphatic heterocycles. The predicted molar refractivity (Wildman–Crippen MR) is 106 cm³/mol. The second kappa shape index (κ2) is 8.67. The van der Waals surface area contributed by atoms with Gasteiger partial charge in [-0.2, -0.15) is 0 Å². The van der Waals surface area contributed by atoms with Crippen molar-refractivity contribution in [1.29, 1.82) is 0 Å². The van der Waals surface area contributed by atoms with E-state index in [1.165, 1.54) is 17.3 Å². The Hall–Kier alpha value is -2.60. The van der Waals surface area contributed by atoms with E-state index in [2.05, 4.69) is 27.8 Å². The lowest BCUT2D eigenvalue weighted by Gasteiger charge is -2.07. The number of thioether (sulfide) groups is 1. The molecular weight excluding hydrogens is 346 g/mol. The molecule has 0 aromatic heterocycles. The van der Waals surface area contributed by atoms with E-state index >= 15 is 0 Å². The van der Waals surface area contributed by atoms with Gasteiger partial charge in [-0.25, -0.2) is 0 Å². The molecule has 26 heavy (non-hydrogen) atoms. The highest BCUT2D eigenvalue weighted by Crippen LogP contribution is 2.23. The molecular formula is C20H21N3O2S. The summed E-state index contributed by atoms with van der Waals surface area (Å²) in [4.78, 5) is 28.7. The van der Waals surface area contributed by atoms with Crippen LogP contribution in [0.2, 0.25) is 0 Å². The van der Waals surface area contributed by atoms with Crippen LogP contribution in [0.15, 0.2) is 59.6 Å². The van der Waals surface area contributed by atoms with Crippen LogP contribution >= 0.6 is 11.8 Å². The summed E-state index contributed by atoms with van der Waals surface area (Å²) in [6.07, 6.45) is 0.946. The van der Waals surface area contributed by atoms with Crippen molar-refractivity contribution < 1.29 is 9.59 Å². The average Bonchev–Trinajstić information content (AvgIpc) is 2.97. The van der Waals surface area contributed by atoms with Crippen molar-refractivity contribution in [2.75, 3.05) is 11.9 Å².